The van der Waals surface area contributed by atoms with E-state index in [9.17, 15) is 14.4 Å². The van der Waals surface area contributed by atoms with E-state index in [0.717, 1.165) is 48.6 Å². The molecule has 3 aromatic carbocycles. The Morgan fingerprint density at radius 2 is 1.66 bits per heavy atom. The Balaban J connectivity index is 1.65. The third-order valence-electron chi connectivity index (χ3n) is 7.80. The van der Waals surface area contributed by atoms with E-state index >= 15 is 0 Å². The fourth-order valence-electron chi connectivity index (χ4n) is 5.84. The number of nitrogens with one attached hydrogen (secondary N) is 2. The lowest BCUT2D eigenvalue weighted by atomic mass is 9.94. The zero-order chi connectivity index (χ0) is 28.8. The molecular formula is C34H37N3O4. The fraction of sp³-hybridized carbons (Fsp3) is 0.324. The van der Waals surface area contributed by atoms with Gasteiger partial charge in [-0.1, -0.05) is 67.8 Å². The van der Waals surface area contributed by atoms with Crippen molar-refractivity contribution in [3.63, 3.8) is 0 Å². The number of carbonyl (C=O) groups excluding carboxylic acids is 3. The van der Waals surface area contributed by atoms with Crippen molar-refractivity contribution in [1.29, 1.82) is 0 Å². The summed E-state index contributed by atoms with van der Waals surface area (Å²) in [4.78, 5) is 46.4. The molecule has 1 aliphatic rings. The fourth-order valence-corrected chi connectivity index (χ4v) is 5.84. The van der Waals surface area contributed by atoms with E-state index in [-0.39, 0.29) is 30.1 Å². The van der Waals surface area contributed by atoms with Gasteiger partial charge in [0.2, 0.25) is 11.8 Å². The number of ketones is 1. The predicted octanol–water partition coefficient (Wildman–Crippen LogP) is 6.54. The number of aromatic nitrogens is 1. The van der Waals surface area contributed by atoms with E-state index in [1.807, 2.05) is 61.7 Å². The van der Waals surface area contributed by atoms with Gasteiger partial charge in [-0.05, 0) is 56.5 Å². The molecule has 0 spiro atoms. The third kappa shape index (κ3) is 6.19. The van der Waals surface area contributed by atoms with E-state index in [1.54, 1.807) is 24.3 Å². The monoisotopic (exact) mass is 551 g/mol. The molecule has 0 bridgehead atoms. The van der Waals surface area contributed by atoms with Gasteiger partial charge in [0, 0.05) is 34.3 Å². The Morgan fingerprint density at radius 3 is 2.44 bits per heavy atom. The van der Waals surface area contributed by atoms with E-state index in [4.69, 9.17) is 4.74 Å². The summed E-state index contributed by atoms with van der Waals surface area (Å²) < 4.78 is 5.98. The number of carbonyl (C=O) groups is 3. The quantitative estimate of drug-likeness (QED) is 0.219. The number of fused-ring (bicyclic) bond motifs is 1. The number of ether oxygens (including phenoxy) is 1. The number of rotatable bonds is 10. The molecule has 1 saturated carbocycles. The molecule has 0 unspecified atom stereocenters. The minimum Gasteiger partial charge on any atom is -0.493 e. The Bertz CT molecular complexity index is 1540. The molecule has 0 saturated heterocycles. The van der Waals surface area contributed by atoms with E-state index in [1.165, 1.54) is 11.8 Å². The van der Waals surface area contributed by atoms with Gasteiger partial charge in [0.15, 0.2) is 5.78 Å². The summed E-state index contributed by atoms with van der Waals surface area (Å²) >= 11 is 0. The first-order chi connectivity index (χ1) is 20.0. The maximum Gasteiger partial charge on any atom is 0.248 e. The van der Waals surface area contributed by atoms with E-state index in [2.05, 4.69) is 10.3 Å². The zero-order valence-electron chi connectivity index (χ0n) is 23.7. The summed E-state index contributed by atoms with van der Waals surface area (Å²) in [7, 11) is 0. The van der Waals surface area contributed by atoms with Crippen molar-refractivity contribution < 1.29 is 19.1 Å². The van der Waals surface area contributed by atoms with Gasteiger partial charge in [-0.25, -0.2) is 0 Å². The van der Waals surface area contributed by atoms with Crippen molar-refractivity contribution in [2.75, 3.05) is 11.5 Å². The van der Waals surface area contributed by atoms with Gasteiger partial charge in [-0.2, -0.15) is 0 Å². The number of para-hydroxylation sites is 3. The molecule has 2 amide bonds. The second-order valence-corrected chi connectivity index (χ2v) is 10.6. The summed E-state index contributed by atoms with van der Waals surface area (Å²) in [5.74, 6) is -0.229. The summed E-state index contributed by atoms with van der Waals surface area (Å²) in [6.45, 7) is 3.77. The number of amides is 2. The Hall–Kier alpha value is -4.39. The minimum atomic E-state index is -1.04. The van der Waals surface area contributed by atoms with Crippen molar-refractivity contribution in [3.05, 3.63) is 95.7 Å². The van der Waals surface area contributed by atoms with E-state index in [0.29, 0.717) is 29.2 Å². The SMILES string of the molecule is CCOc1ccccc1[C@H](C(=O)NC1CCCCC1)N(C(=O)Cc1c[nH]c2ccccc12)c1ccccc1C(C)=O. The lowest BCUT2D eigenvalue weighted by Crippen LogP contribution is -2.48. The van der Waals surface area contributed by atoms with Crippen LogP contribution in [0.25, 0.3) is 10.9 Å². The van der Waals surface area contributed by atoms with Crippen LogP contribution in [0, 0.1) is 0 Å². The highest BCUT2D eigenvalue weighted by atomic mass is 16.5. The Labute approximate surface area is 240 Å². The van der Waals surface area contributed by atoms with Gasteiger partial charge in [0.25, 0.3) is 0 Å². The molecule has 1 fully saturated rings. The molecule has 41 heavy (non-hydrogen) atoms. The first kappa shape index (κ1) is 28.1. The standard InChI is InChI=1S/C34H37N3O4/c1-3-41-31-20-12-9-17-28(31)33(34(40)36-25-13-5-4-6-14-25)37(30-19-11-8-15-26(30)23(2)38)32(39)21-24-22-35-29-18-10-7-16-27(24)29/h7-12,15-20,22,25,33,35H,3-6,13-14,21H2,1-2H3,(H,36,40)/t33-/m1/s1. The molecule has 5 rings (SSSR count). The summed E-state index contributed by atoms with van der Waals surface area (Å²) in [5.41, 5.74) is 3.11. The molecule has 212 valence electrons. The van der Waals surface area contributed by atoms with Crippen LogP contribution in [0.4, 0.5) is 5.69 Å². The van der Waals surface area contributed by atoms with Crippen molar-refractivity contribution in [2.24, 2.45) is 0 Å². The predicted molar refractivity (Wildman–Crippen MR) is 161 cm³/mol. The zero-order valence-corrected chi connectivity index (χ0v) is 23.7. The number of nitrogens with zero attached hydrogens (tertiary/aromatic N) is 1. The van der Waals surface area contributed by atoms with Crippen LogP contribution in [-0.2, 0) is 16.0 Å². The van der Waals surface area contributed by atoms with Gasteiger partial charge < -0.3 is 15.0 Å². The second kappa shape index (κ2) is 12.9. The molecule has 1 aromatic heterocycles. The van der Waals surface area contributed by atoms with Crippen LogP contribution in [0.5, 0.6) is 5.75 Å². The number of hydrogen-bond acceptors (Lipinski definition) is 4. The first-order valence-electron chi connectivity index (χ1n) is 14.5. The molecule has 2 N–H and O–H groups in total. The highest BCUT2D eigenvalue weighted by Crippen LogP contribution is 2.36. The highest BCUT2D eigenvalue weighted by molar-refractivity contribution is 6.09. The van der Waals surface area contributed by atoms with Crippen molar-refractivity contribution >= 4 is 34.2 Å². The van der Waals surface area contributed by atoms with Crippen LogP contribution < -0.4 is 15.0 Å². The topological polar surface area (TPSA) is 91.5 Å². The summed E-state index contributed by atoms with van der Waals surface area (Å²) in [6.07, 6.45) is 6.95. The van der Waals surface area contributed by atoms with Crippen LogP contribution in [0.15, 0.2) is 79.0 Å². The number of benzene rings is 3. The van der Waals surface area contributed by atoms with Crippen LogP contribution in [-0.4, -0.2) is 35.2 Å². The summed E-state index contributed by atoms with van der Waals surface area (Å²) in [6, 6.07) is 21.2. The molecule has 0 radical (unpaired) electrons. The Kier molecular flexibility index (Phi) is 8.82. The van der Waals surface area contributed by atoms with Gasteiger partial charge >= 0.3 is 0 Å². The maximum atomic E-state index is 14.5. The number of anilines is 1. The largest absolute Gasteiger partial charge is 0.493 e. The van der Waals surface area contributed by atoms with Gasteiger partial charge in [0.05, 0.1) is 18.7 Å². The summed E-state index contributed by atoms with van der Waals surface area (Å²) in [5, 5.41) is 4.19. The molecule has 7 nitrogen and oxygen atoms in total. The number of hydrogen-bond donors (Lipinski definition) is 2. The first-order valence-corrected chi connectivity index (χ1v) is 14.5. The van der Waals surface area contributed by atoms with E-state index < -0.39 is 6.04 Å². The Morgan fingerprint density at radius 1 is 0.951 bits per heavy atom. The van der Waals surface area contributed by atoms with Crippen molar-refractivity contribution in [2.45, 2.75) is 64.5 Å². The molecule has 4 aromatic rings. The molecule has 1 atom stereocenters. The maximum absolute atomic E-state index is 14.5. The smallest absolute Gasteiger partial charge is 0.248 e. The van der Waals surface area contributed by atoms with Gasteiger partial charge in [0.1, 0.15) is 11.8 Å². The van der Waals surface area contributed by atoms with Crippen molar-refractivity contribution in [1.82, 2.24) is 10.3 Å². The number of aromatic amines is 1. The normalized spacial score (nSPS) is 14.4. The number of H-pyrrole nitrogens is 1. The van der Waals surface area contributed by atoms with Gasteiger partial charge in [-0.3, -0.25) is 19.3 Å². The lowest BCUT2D eigenvalue weighted by molar-refractivity contribution is -0.127. The van der Waals surface area contributed by atoms with Crippen LogP contribution in [0.1, 0.15) is 73.5 Å². The van der Waals surface area contributed by atoms with Crippen LogP contribution >= 0.6 is 0 Å². The average Bonchev–Trinajstić information content (AvgIpc) is 3.39. The van der Waals surface area contributed by atoms with Crippen LogP contribution in [0.3, 0.4) is 0 Å². The lowest BCUT2D eigenvalue weighted by Gasteiger charge is -2.35. The minimum absolute atomic E-state index is 0.0339. The molecule has 0 aliphatic heterocycles. The molecule has 1 heterocycles. The molecule has 7 heteroatoms. The second-order valence-electron chi connectivity index (χ2n) is 10.6. The molecule has 1 aliphatic carbocycles. The average molecular weight is 552 g/mol. The number of Topliss-reactive ketones (excluding diaryl/α,β-unsaturated/α-hetero) is 1. The van der Waals surface area contributed by atoms with Crippen molar-refractivity contribution in [3.8, 4) is 5.75 Å². The highest BCUT2D eigenvalue weighted by Gasteiger charge is 2.37. The van der Waals surface area contributed by atoms with Gasteiger partial charge in [-0.15, -0.1) is 0 Å². The third-order valence-corrected chi connectivity index (χ3v) is 7.80. The molecular weight excluding hydrogens is 514 g/mol. The van der Waals surface area contributed by atoms with Crippen LogP contribution in [0.2, 0.25) is 0 Å².